The third kappa shape index (κ3) is 3.33. The Balaban J connectivity index is 2.06. The van der Waals surface area contributed by atoms with Crippen molar-refractivity contribution >= 4 is 11.8 Å². The smallest absolute Gasteiger partial charge is 0.270 e. The molecule has 2 rings (SSSR count). The van der Waals surface area contributed by atoms with Crippen LogP contribution in [0.15, 0.2) is 34.2 Å². The van der Waals surface area contributed by atoms with Gasteiger partial charge >= 0.3 is 5.69 Å². The molecule has 0 bridgehead atoms. The number of H-pyrrole nitrogens is 1. The molecule has 0 fully saturated rings. The Morgan fingerprint density at radius 3 is 2.45 bits per heavy atom. The van der Waals surface area contributed by atoms with Gasteiger partial charge in [-0.25, -0.2) is 9.89 Å². The molecular weight excluding hydrogens is 270 g/mol. The zero-order chi connectivity index (χ0) is 14.8. The normalized spacial score (nSPS) is 11.8. The minimum Gasteiger partial charge on any atom is -0.270 e. The summed E-state index contributed by atoms with van der Waals surface area (Å²) in [6.45, 7) is 9.21. The Morgan fingerprint density at radius 2 is 1.90 bits per heavy atom. The highest BCUT2D eigenvalue weighted by Crippen LogP contribution is 2.24. The molecule has 1 N–H and O–H groups in total. The standard InChI is InChI=1S/C15H21N3OS/c1-5-18-13(19)16-17-14(18)20-10-11-6-8-12(9-7-11)15(2,3)4/h6-9H,5,10H2,1-4H3,(H,16,19). The highest BCUT2D eigenvalue weighted by molar-refractivity contribution is 7.98. The number of hydrogen-bond acceptors (Lipinski definition) is 3. The molecule has 0 saturated heterocycles. The van der Waals surface area contributed by atoms with Gasteiger partial charge in [0.05, 0.1) is 0 Å². The highest BCUT2D eigenvalue weighted by atomic mass is 32.2. The van der Waals surface area contributed by atoms with Crippen LogP contribution in [0, 0.1) is 0 Å². The van der Waals surface area contributed by atoms with E-state index in [0.717, 1.165) is 10.9 Å². The Hall–Kier alpha value is -1.49. The maximum atomic E-state index is 11.5. The van der Waals surface area contributed by atoms with Crippen LogP contribution in [-0.2, 0) is 17.7 Å². The number of nitrogens with one attached hydrogen (secondary N) is 1. The summed E-state index contributed by atoms with van der Waals surface area (Å²) in [5, 5.41) is 7.28. The van der Waals surface area contributed by atoms with Gasteiger partial charge < -0.3 is 0 Å². The first kappa shape index (κ1) is 14.9. The van der Waals surface area contributed by atoms with Crippen molar-refractivity contribution in [2.75, 3.05) is 0 Å². The lowest BCUT2D eigenvalue weighted by Gasteiger charge is -2.19. The van der Waals surface area contributed by atoms with E-state index >= 15 is 0 Å². The van der Waals surface area contributed by atoms with E-state index in [-0.39, 0.29) is 11.1 Å². The van der Waals surface area contributed by atoms with Crippen molar-refractivity contribution < 1.29 is 0 Å². The molecule has 0 unspecified atom stereocenters. The number of thioether (sulfide) groups is 1. The third-order valence-electron chi connectivity index (χ3n) is 3.23. The molecule has 2 aromatic rings. The Kier molecular flexibility index (Phi) is 4.38. The van der Waals surface area contributed by atoms with E-state index in [2.05, 4.69) is 55.2 Å². The number of aromatic amines is 1. The first-order valence-corrected chi connectivity index (χ1v) is 7.78. The van der Waals surface area contributed by atoms with Crippen molar-refractivity contribution in [2.24, 2.45) is 0 Å². The fraction of sp³-hybridized carbons (Fsp3) is 0.467. The van der Waals surface area contributed by atoms with E-state index in [1.165, 1.54) is 11.1 Å². The average Bonchev–Trinajstić information content (AvgIpc) is 2.76. The van der Waals surface area contributed by atoms with Gasteiger partial charge in [-0.1, -0.05) is 56.8 Å². The first-order valence-electron chi connectivity index (χ1n) is 6.79. The topological polar surface area (TPSA) is 50.7 Å². The summed E-state index contributed by atoms with van der Waals surface area (Å²) in [5.74, 6) is 0.814. The van der Waals surface area contributed by atoms with Crippen molar-refractivity contribution in [1.29, 1.82) is 0 Å². The SMILES string of the molecule is CCn1c(SCc2ccc(C(C)(C)C)cc2)n[nH]c1=O. The zero-order valence-electron chi connectivity index (χ0n) is 12.4. The Morgan fingerprint density at radius 1 is 1.25 bits per heavy atom. The van der Waals surface area contributed by atoms with E-state index in [1.807, 2.05) is 6.92 Å². The van der Waals surface area contributed by atoms with Crippen molar-refractivity contribution in [1.82, 2.24) is 14.8 Å². The number of benzene rings is 1. The van der Waals surface area contributed by atoms with Gasteiger partial charge in [-0.05, 0) is 23.5 Å². The lowest BCUT2D eigenvalue weighted by molar-refractivity contribution is 0.590. The van der Waals surface area contributed by atoms with Crippen LogP contribution in [-0.4, -0.2) is 14.8 Å². The van der Waals surface area contributed by atoms with Gasteiger partial charge in [-0.2, -0.15) is 0 Å². The molecule has 0 aliphatic heterocycles. The molecule has 1 heterocycles. The van der Waals surface area contributed by atoms with E-state index < -0.39 is 0 Å². The maximum absolute atomic E-state index is 11.5. The molecule has 20 heavy (non-hydrogen) atoms. The number of nitrogens with zero attached hydrogens (tertiary/aromatic N) is 2. The molecule has 1 aromatic heterocycles. The molecule has 0 radical (unpaired) electrons. The predicted molar refractivity (Wildman–Crippen MR) is 83.2 cm³/mol. The van der Waals surface area contributed by atoms with E-state index in [1.54, 1.807) is 16.3 Å². The number of aromatic nitrogens is 3. The fourth-order valence-corrected chi connectivity index (χ4v) is 2.91. The molecule has 0 amide bonds. The van der Waals surface area contributed by atoms with Crippen LogP contribution in [0.1, 0.15) is 38.8 Å². The van der Waals surface area contributed by atoms with Crippen molar-refractivity contribution in [3.8, 4) is 0 Å². The van der Waals surface area contributed by atoms with Crippen LogP contribution >= 0.6 is 11.8 Å². The van der Waals surface area contributed by atoms with Crippen molar-refractivity contribution in [3.63, 3.8) is 0 Å². The summed E-state index contributed by atoms with van der Waals surface area (Å²) in [5.41, 5.74) is 2.60. The van der Waals surface area contributed by atoms with Crippen molar-refractivity contribution in [2.45, 2.75) is 50.6 Å². The molecule has 0 atom stereocenters. The minimum absolute atomic E-state index is 0.141. The molecule has 0 aliphatic carbocycles. The van der Waals surface area contributed by atoms with Gasteiger partial charge in [0.2, 0.25) is 0 Å². The molecule has 108 valence electrons. The minimum atomic E-state index is -0.141. The molecular formula is C15H21N3OS. The zero-order valence-corrected chi connectivity index (χ0v) is 13.3. The molecule has 0 saturated carbocycles. The largest absolute Gasteiger partial charge is 0.343 e. The number of hydrogen-bond donors (Lipinski definition) is 1. The van der Waals surface area contributed by atoms with E-state index in [0.29, 0.717) is 6.54 Å². The number of rotatable bonds is 4. The second-order valence-corrected chi connectivity index (χ2v) is 6.73. The quantitative estimate of drug-likeness (QED) is 0.880. The summed E-state index contributed by atoms with van der Waals surface area (Å²) in [4.78, 5) is 11.5. The summed E-state index contributed by atoms with van der Waals surface area (Å²) in [7, 11) is 0. The van der Waals surface area contributed by atoms with Gasteiger partial charge in [0.15, 0.2) is 5.16 Å². The van der Waals surface area contributed by atoms with Gasteiger partial charge in [-0.3, -0.25) is 4.57 Å². The van der Waals surface area contributed by atoms with Gasteiger partial charge in [0.1, 0.15) is 0 Å². The second-order valence-electron chi connectivity index (χ2n) is 5.79. The van der Waals surface area contributed by atoms with Gasteiger partial charge in [-0.15, -0.1) is 5.10 Å². The van der Waals surface area contributed by atoms with Gasteiger partial charge in [0.25, 0.3) is 0 Å². The van der Waals surface area contributed by atoms with Crippen molar-refractivity contribution in [3.05, 3.63) is 45.9 Å². The molecule has 5 heteroatoms. The molecule has 0 spiro atoms. The monoisotopic (exact) mass is 291 g/mol. The predicted octanol–water partition coefficient (Wildman–Crippen LogP) is 3.18. The van der Waals surface area contributed by atoms with Crippen LogP contribution < -0.4 is 5.69 Å². The second kappa shape index (κ2) is 5.87. The van der Waals surface area contributed by atoms with Crippen LogP contribution in [0.2, 0.25) is 0 Å². The average molecular weight is 291 g/mol. The lowest BCUT2D eigenvalue weighted by atomic mass is 9.87. The van der Waals surface area contributed by atoms with Crippen LogP contribution in [0.5, 0.6) is 0 Å². The van der Waals surface area contributed by atoms with Crippen LogP contribution in [0.25, 0.3) is 0 Å². The lowest BCUT2D eigenvalue weighted by Crippen LogP contribution is -2.16. The first-order chi connectivity index (χ1) is 9.41. The Bertz CT molecular complexity index is 620. The molecule has 4 nitrogen and oxygen atoms in total. The van der Waals surface area contributed by atoms with Crippen LogP contribution in [0.3, 0.4) is 0 Å². The fourth-order valence-electron chi connectivity index (χ4n) is 1.94. The highest BCUT2D eigenvalue weighted by Gasteiger charge is 2.13. The summed E-state index contributed by atoms with van der Waals surface area (Å²) >= 11 is 1.58. The summed E-state index contributed by atoms with van der Waals surface area (Å²) < 4.78 is 1.65. The molecule has 0 aliphatic rings. The van der Waals surface area contributed by atoms with Gasteiger partial charge in [0, 0.05) is 12.3 Å². The Labute approximate surface area is 123 Å². The molecule has 1 aromatic carbocycles. The van der Waals surface area contributed by atoms with E-state index in [9.17, 15) is 4.79 Å². The maximum Gasteiger partial charge on any atom is 0.343 e. The van der Waals surface area contributed by atoms with E-state index in [4.69, 9.17) is 0 Å². The third-order valence-corrected chi connectivity index (χ3v) is 4.27. The van der Waals surface area contributed by atoms with Crippen LogP contribution in [0.4, 0.5) is 0 Å². The summed E-state index contributed by atoms with van der Waals surface area (Å²) in [6, 6.07) is 8.64. The summed E-state index contributed by atoms with van der Waals surface area (Å²) in [6.07, 6.45) is 0.